The van der Waals surface area contributed by atoms with Gasteiger partial charge in [-0.05, 0) is 68.1 Å². The topological polar surface area (TPSA) is 83.5 Å². The fraction of sp³-hybridized carbons (Fsp3) is 0.444. The standard InChI is InChI=1S/C27H31NO4/c1-4-5-20-21-12-15(2)6-11-19(21)16(3)13-22(20)25(30)24-26(31)23(14-28-27(24)32)17-7-9-18(29)10-8-17/h4-5,7-10,13-15,19-22,24,29H,6,11-12H2,1-3H3,(H,28,32)/b5-4+/t15-,19+,20+,21-,22+,24?/m0/s1. The Morgan fingerprint density at radius 1 is 1.16 bits per heavy atom. The lowest BCUT2D eigenvalue weighted by Crippen LogP contribution is -2.48. The summed E-state index contributed by atoms with van der Waals surface area (Å²) in [5.74, 6) is -1.72. The van der Waals surface area contributed by atoms with E-state index in [4.69, 9.17) is 0 Å². The first-order valence-corrected chi connectivity index (χ1v) is 11.5. The van der Waals surface area contributed by atoms with E-state index in [2.05, 4.69) is 25.2 Å². The van der Waals surface area contributed by atoms with Crippen LogP contribution in [-0.2, 0) is 14.4 Å². The van der Waals surface area contributed by atoms with Gasteiger partial charge < -0.3 is 10.4 Å². The molecule has 0 aromatic heterocycles. The molecule has 168 valence electrons. The maximum absolute atomic E-state index is 13.8. The van der Waals surface area contributed by atoms with Crippen molar-refractivity contribution in [2.75, 3.05) is 0 Å². The fourth-order valence-electron chi connectivity index (χ4n) is 5.85. The van der Waals surface area contributed by atoms with Gasteiger partial charge in [0.05, 0.1) is 0 Å². The first-order valence-electron chi connectivity index (χ1n) is 11.5. The van der Waals surface area contributed by atoms with Gasteiger partial charge in [-0.1, -0.05) is 49.3 Å². The highest BCUT2D eigenvalue weighted by Crippen LogP contribution is 2.49. The second-order valence-corrected chi connectivity index (χ2v) is 9.54. The van der Waals surface area contributed by atoms with Crippen LogP contribution in [0.2, 0.25) is 0 Å². The number of phenols is 1. The van der Waals surface area contributed by atoms with Crippen LogP contribution < -0.4 is 5.32 Å². The van der Waals surface area contributed by atoms with E-state index in [1.807, 2.05) is 19.1 Å². The molecular weight excluding hydrogens is 402 g/mol. The fourth-order valence-corrected chi connectivity index (χ4v) is 5.85. The lowest BCUT2D eigenvalue weighted by atomic mass is 9.58. The van der Waals surface area contributed by atoms with Gasteiger partial charge >= 0.3 is 0 Å². The van der Waals surface area contributed by atoms with Crippen molar-refractivity contribution in [2.45, 2.75) is 40.0 Å². The average Bonchev–Trinajstić information content (AvgIpc) is 2.76. The summed E-state index contributed by atoms with van der Waals surface area (Å²) in [5.41, 5.74) is 2.05. The minimum atomic E-state index is -1.36. The number of fused-ring (bicyclic) bond motifs is 1. The number of benzene rings is 1. The number of hydrogen-bond donors (Lipinski definition) is 2. The Labute approximate surface area is 189 Å². The van der Waals surface area contributed by atoms with Crippen LogP contribution in [0.4, 0.5) is 0 Å². The lowest BCUT2D eigenvalue weighted by Gasteiger charge is -2.45. The van der Waals surface area contributed by atoms with Crippen molar-refractivity contribution in [3.05, 3.63) is 59.8 Å². The van der Waals surface area contributed by atoms with Gasteiger partial charge in [0.1, 0.15) is 5.75 Å². The molecule has 0 radical (unpaired) electrons. The Morgan fingerprint density at radius 3 is 2.56 bits per heavy atom. The third-order valence-electron chi connectivity index (χ3n) is 7.45. The molecule has 1 aromatic carbocycles. The highest BCUT2D eigenvalue weighted by Gasteiger charge is 2.48. The molecule has 1 aliphatic heterocycles. The maximum atomic E-state index is 13.8. The number of Topliss-reactive ketones (excluding diaryl/α,β-unsaturated/α-hetero) is 2. The van der Waals surface area contributed by atoms with E-state index in [0.717, 1.165) is 12.8 Å². The number of hydrogen-bond acceptors (Lipinski definition) is 4. The van der Waals surface area contributed by atoms with Gasteiger partial charge in [0.25, 0.3) is 0 Å². The molecule has 5 nitrogen and oxygen atoms in total. The summed E-state index contributed by atoms with van der Waals surface area (Å²) in [6.07, 6.45) is 10.8. The van der Waals surface area contributed by atoms with E-state index in [9.17, 15) is 19.5 Å². The largest absolute Gasteiger partial charge is 0.508 e. The second-order valence-electron chi connectivity index (χ2n) is 9.54. The van der Waals surface area contributed by atoms with Crippen molar-refractivity contribution in [3.8, 4) is 5.75 Å². The summed E-state index contributed by atoms with van der Waals surface area (Å²) < 4.78 is 0. The monoisotopic (exact) mass is 433 g/mol. The number of amides is 1. The van der Waals surface area contributed by atoms with E-state index in [0.29, 0.717) is 23.3 Å². The first-order chi connectivity index (χ1) is 15.3. The summed E-state index contributed by atoms with van der Waals surface area (Å²) in [6.45, 7) is 6.31. The van der Waals surface area contributed by atoms with Gasteiger partial charge in [0, 0.05) is 17.7 Å². The van der Waals surface area contributed by atoms with Gasteiger partial charge in [0.15, 0.2) is 17.5 Å². The van der Waals surface area contributed by atoms with Crippen LogP contribution in [0.25, 0.3) is 5.57 Å². The molecule has 1 fully saturated rings. The lowest BCUT2D eigenvalue weighted by molar-refractivity contribution is -0.141. The van der Waals surface area contributed by atoms with Gasteiger partial charge in [-0.15, -0.1) is 0 Å². The van der Waals surface area contributed by atoms with Crippen LogP contribution in [0.1, 0.15) is 45.6 Å². The molecule has 6 atom stereocenters. The Morgan fingerprint density at radius 2 is 1.88 bits per heavy atom. The van der Waals surface area contributed by atoms with E-state index in [1.165, 1.54) is 30.3 Å². The molecule has 1 aromatic rings. The van der Waals surface area contributed by atoms with Gasteiger partial charge in [-0.2, -0.15) is 0 Å². The third-order valence-corrected chi connectivity index (χ3v) is 7.45. The molecule has 1 amide bonds. The normalized spacial score (nSPS) is 32.7. The number of rotatable bonds is 4. The van der Waals surface area contributed by atoms with Crippen molar-refractivity contribution in [1.29, 1.82) is 0 Å². The number of aromatic hydroxyl groups is 1. The van der Waals surface area contributed by atoms with Gasteiger partial charge in [-0.3, -0.25) is 14.4 Å². The van der Waals surface area contributed by atoms with Crippen LogP contribution in [0, 0.1) is 35.5 Å². The molecular formula is C27H31NO4. The predicted octanol–water partition coefficient (Wildman–Crippen LogP) is 4.44. The SMILES string of the molecule is C/C=C/[C@@H]1[C@H]2C[C@@H](C)CC[C@@H]2C(C)=C[C@H]1C(=O)C1C(=O)NC=C(c2ccc(O)cc2)C1=O. The smallest absolute Gasteiger partial charge is 0.242 e. The van der Waals surface area contributed by atoms with E-state index >= 15 is 0 Å². The molecule has 0 bridgehead atoms. The molecule has 1 heterocycles. The van der Waals surface area contributed by atoms with Gasteiger partial charge in [-0.25, -0.2) is 0 Å². The second kappa shape index (κ2) is 8.89. The molecule has 32 heavy (non-hydrogen) atoms. The zero-order valence-corrected chi connectivity index (χ0v) is 18.9. The Balaban J connectivity index is 1.68. The maximum Gasteiger partial charge on any atom is 0.242 e. The van der Waals surface area contributed by atoms with Gasteiger partial charge in [0.2, 0.25) is 5.91 Å². The number of phenolic OH excluding ortho intramolecular Hbond substituents is 1. The van der Waals surface area contributed by atoms with Crippen LogP contribution in [0.5, 0.6) is 5.75 Å². The molecule has 2 N–H and O–H groups in total. The number of carbonyl (C=O) groups is 3. The van der Waals surface area contributed by atoms with Crippen molar-refractivity contribution >= 4 is 23.0 Å². The number of allylic oxidation sites excluding steroid dienone is 5. The van der Waals surface area contributed by atoms with Crippen LogP contribution >= 0.6 is 0 Å². The summed E-state index contributed by atoms with van der Waals surface area (Å²) in [5, 5.41) is 12.2. The average molecular weight is 434 g/mol. The quantitative estimate of drug-likeness (QED) is 0.543. The van der Waals surface area contributed by atoms with E-state index < -0.39 is 23.5 Å². The Kier molecular flexibility index (Phi) is 6.18. The molecule has 2 aliphatic carbocycles. The number of ketones is 2. The summed E-state index contributed by atoms with van der Waals surface area (Å²) in [6, 6.07) is 6.19. The van der Waals surface area contributed by atoms with E-state index in [1.54, 1.807) is 12.1 Å². The van der Waals surface area contributed by atoms with Crippen molar-refractivity contribution in [2.24, 2.45) is 35.5 Å². The minimum Gasteiger partial charge on any atom is -0.508 e. The summed E-state index contributed by atoms with van der Waals surface area (Å²) >= 11 is 0. The highest BCUT2D eigenvalue weighted by atomic mass is 16.3. The zero-order valence-electron chi connectivity index (χ0n) is 18.9. The zero-order chi connectivity index (χ0) is 23.0. The molecule has 4 rings (SSSR count). The molecule has 0 saturated heterocycles. The number of carbonyl (C=O) groups excluding carboxylic acids is 3. The first kappa shape index (κ1) is 22.3. The molecule has 0 spiro atoms. The van der Waals surface area contributed by atoms with Crippen LogP contribution in [-0.4, -0.2) is 22.6 Å². The van der Waals surface area contributed by atoms with Crippen LogP contribution in [0.15, 0.2) is 54.3 Å². The summed E-state index contributed by atoms with van der Waals surface area (Å²) in [7, 11) is 0. The van der Waals surface area contributed by atoms with E-state index in [-0.39, 0.29) is 23.0 Å². The number of nitrogens with one attached hydrogen (secondary N) is 1. The van der Waals surface area contributed by atoms with Crippen molar-refractivity contribution < 1.29 is 19.5 Å². The third kappa shape index (κ3) is 3.96. The molecule has 5 heteroatoms. The Bertz CT molecular complexity index is 1020. The Hall–Kier alpha value is -2.95. The van der Waals surface area contributed by atoms with Crippen LogP contribution in [0.3, 0.4) is 0 Å². The molecule has 1 saturated carbocycles. The molecule has 3 aliphatic rings. The van der Waals surface area contributed by atoms with Crippen molar-refractivity contribution in [3.63, 3.8) is 0 Å². The highest BCUT2D eigenvalue weighted by molar-refractivity contribution is 6.36. The molecule has 1 unspecified atom stereocenters. The van der Waals surface area contributed by atoms with Crippen molar-refractivity contribution in [1.82, 2.24) is 5.32 Å². The minimum absolute atomic E-state index is 0.00687. The summed E-state index contributed by atoms with van der Waals surface area (Å²) in [4.78, 5) is 39.8. The predicted molar refractivity (Wildman–Crippen MR) is 123 cm³/mol.